The summed E-state index contributed by atoms with van der Waals surface area (Å²) in [5.41, 5.74) is 3.22. The van der Waals surface area contributed by atoms with Gasteiger partial charge in [0.15, 0.2) is 0 Å². The first-order chi connectivity index (χ1) is 16.9. The molecule has 0 aliphatic carbocycles. The monoisotopic (exact) mass is 485 g/mol. The number of nitrogens with zero attached hydrogens (tertiary/aromatic N) is 2. The standard InChI is InChI=1S/C26H20ClN5O3/c1-3-22(33)28-17-11-13-19(14-12-17)32-24-20(27)9-6-10-21(24)30-26(32)31-25(35)16-7-5-8-18(15-16)29-23(34)4-2/h3-15H,1-2H2,(H,28,33)(H,29,34)(H,30,31,35). The Morgan fingerprint density at radius 2 is 1.49 bits per heavy atom. The predicted octanol–water partition coefficient (Wildman–Crippen LogP) is 5.18. The quantitative estimate of drug-likeness (QED) is 0.314. The molecule has 0 unspecified atom stereocenters. The van der Waals surface area contributed by atoms with Crippen LogP contribution in [-0.4, -0.2) is 27.3 Å². The minimum Gasteiger partial charge on any atom is -0.323 e. The van der Waals surface area contributed by atoms with Gasteiger partial charge in [-0.3, -0.25) is 24.3 Å². The zero-order chi connectivity index (χ0) is 24.9. The van der Waals surface area contributed by atoms with Crippen LogP contribution < -0.4 is 16.0 Å². The van der Waals surface area contributed by atoms with E-state index in [4.69, 9.17) is 11.6 Å². The Kier molecular flexibility index (Phi) is 6.75. The molecular weight excluding hydrogens is 466 g/mol. The zero-order valence-corrected chi connectivity index (χ0v) is 19.2. The molecule has 35 heavy (non-hydrogen) atoms. The van der Waals surface area contributed by atoms with Crippen molar-refractivity contribution in [2.75, 3.05) is 16.0 Å². The normalized spacial score (nSPS) is 10.4. The first-order valence-corrected chi connectivity index (χ1v) is 10.8. The van der Waals surface area contributed by atoms with Crippen LogP contribution >= 0.6 is 11.6 Å². The van der Waals surface area contributed by atoms with Gasteiger partial charge in [-0.2, -0.15) is 0 Å². The largest absolute Gasteiger partial charge is 0.323 e. The highest BCUT2D eigenvalue weighted by Gasteiger charge is 2.18. The molecule has 0 aliphatic rings. The second kappa shape index (κ2) is 10.1. The summed E-state index contributed by atoms with van der Waals surface area (Å²) in [4.78, 5) is 40.8. The number of nitrogens with one attached hydrogen (secondary N) is 3. The van der Waals surface area contributed by atoms with Crippen LogP contribution in [0.4, 0.5) is 17.3 Å². The second-order valence-electron chi connectivity index (χ2n) is 7.35. The van der Waals surface area contributed by atoms with Crippen molar-refractivity contribution >= 4 is 57.7 Å². The lowest BCUT2D eigenvalue weighted by atomic mass is 10.2. The Balaban J connectivity index is 1.71. The number of halogens is 1. The molecular formula is C26H20ClN5O3. The number of anilines is 3. The fourth-order valence-corrected chi connectivity index (χ4v) is 3.67. The first kappa shape index (κ1) is 23.5. The highest BCUT2D eigenvalue weighted by atomic mass is 35.5. The van der Waals surface area contributed by atoms with Crippen LogP contribution in [0.3, 0.4) is 0 Å². The van der Waals surface area contributed by atoms with E-state index in [2.05, 4.69) is 34.1 Å². The van der Waals surface area contributed by atoms with E-state index in [0.29, 0.717) is 38.7 Å². The lowest BCUT2D eigenvalue weighted by molar-refractivity contribution is -0.112. The van der Waals surface area contributed by atoms with Crippen molar-refractivity contribution < 1.29 is 14.4 Å². The van der Waals surface area contributed by atoms with Crippen molar-refractivity contribution in [1.82, 2.24) is 9.55 Å². The molecule has 8 nitrogen and oxygen atoms in total. The van der Waals surface area contributed by atoms with Gasteiger partial charge >= 0.3 is 0 Å². The van der Waals surface area contributed by atoms with Crippen LogP contribution in [-0.2, 0) is 9.59 Å². The second-order valence-corrected chi connectivity index (χ2v) is 7.75. The van der Waals surface area contributed by atoms with Crippen molar-refractivity contribution in [3.8, 4) is 5.69 Å². The molecule has 174 valence electrons. The van der Waals surface area contributed by atoms with Crippen molar-refractivity contribution in [1.29, 1.82) is 0 Å². The maximum Gasteiger partial charge on any atom is 0.258 e. The van der Waals surface area contributed by atoms with Gasteiger partial charge in [0.2, 0.25) is 17.8 Å². The Hall–Kier alpha value is -4.69. The molecule has 3 aromatic carbocycles. The lowest BCUT2D eigenvalue weighted by Gasteiger charge is -2.12. The van der Waals surface area contributed by atoms with Crippen molar-refractivity contribution in [3.63, 3.8) is 0 Å². The van der Waals surface area contributed by atoms with Gasteiger partial charge in [-0.1, -0.05) is 36.9 Å². The summed E-state index contributed by atoms with van der Waals surface area (Å²) in [6.45, 7) is 6.86. The third kappa shape index (κ3) is 5.13. The van der Waals surface area contributed by atoms with Crippen molar-refractivity contribution in [2.24, 2.45) is 0 Å². The molecule has 0 fully saturated rings. The van der Waals surface area contributed by atoms with E-state index < -0.39 is 5.91 Å². The maximum atomic E-state index is 13.1. The number of fused-ring (bicyclic) bond motifs is 1. The number of aromatic nitrogens is 2. The molecule has 3 N–H and O–H groups in total. The molecule has 0 aliphatic heterocycles. The van der Waals surface area contributed by atoms with Gasteiger partial charge in [-0.15, -0.1) is 0 Å². The van der Waals surface area contributed by atoms with E-state index in [0.717, 1.165) is 6.08 Å². The van der Waals surface area contributed by atoms with E-state index in [1.54, 1.807) is 71.3 Å². The zero-order valence-electron chi connectivity index (χ0n) is 18.4. The predicted molar refractivity (Wildman–Crippen MR) is 138 cm³/mol. The number of rotatable bonds is 7. The number of imidazole rings is 1. The summed E-state index contributed by atoms with van der Waals surface area (Å²) in [5.74, 6) is -0.885. The molecule has 0 spiro atoms. The van der Waals surface area contributed by atoms with Gasteiger partial charge in [0.25, 0.3) is 5.91 Å². The Bertz CT molecular complexity index is 1470. The molecule has 1 heterocycles. The lowest BCUT2D eigenvalue weighted by Crippen LogP contribution is -2.16. The summed E-state index contributed by atoms with van der Waals surface area (Å²) in [6, 6.07) is 18.8. The van der Waals surface area contributed by atoms with Gasteiger partial charge in [-0.05, 0) is 66.7 Å². The molecule has 4 rings (SSSR count). The maximum absolute atomic E-state index is 13.1. The number of hydrogen-bond donors (Lipinski definition) is 3. The smallest absolute Gasteiger partial charge is 0.258 e. The van der Waals surface area contributed by atoms with Crippen LogP contribution in [0.15, 0.2) is 92.0 Å². The molecule has 9 heteroatoms. The number of carbonyl (C=O) groups is 3. The fourth-order valence-electron chi connectivity index (χ4n) is 3.41. The van der Waals surface area contributed by atoms with E-state index in [1.807, 2.05) is 0 Å². The van der Waals surface area contributed by atoms with Crippen LogP contribution in [0.25, 0.3) is 16.7 Å². The van der Waals surface area contributed by atoms with Gasteiger partial charge in [0, 0.05) is 22.6 Å². The Morgan fingerprint density at radius 1 is 0.829 bits per heavy atom. The molecule has 4 aromatic rings. The first-order valence-electron chi connectivity index (χ1n) is 10.4. The number of carbonyl (C=O) groups excluding carboxylic acids is 3. The Labute approximate surface area is 205 Å². The van der Waals surface area contributed by atoms with E-state index >= 15 is 0 Å². The molecule has 1 aromatic heterocycles. The Morgan fingerprint density at radius 3 is 2.17 bits per heavy atom. The molecule has 0 saturated carbocycles. The highest BCUT2D eigenvalue weighted by molar-refractivity contribution is 6.35. The number of amides is 3. The average Bonchev–Trinajstić information content (AvgIpc) is 3.23. The SMILES string of the molecule is C=CC(=O)Nc1ccc(-n2c(NC(=O)c3cccc(NC(=O)C=C)c3)nc3cccc(Cl)c32)cc1. The number of benzene rings is 3. The number of para-hydroxylation sites is 1. The summed E-state index contributed by atoms with van der Waals surface area (Å²) in [6.07, 6.45) is 2.33. The fraction of sp³-hybridized carbons (Fsp3) is 0. The highest BCUT2D eigenvalue weighted by Crippen LogP contribution is 2.31. The summed E-state index contributed by atoms with van der Waals surface area (Å²) in [5, 5.41) is 8.60. The molecule has 0 saturated heterocycles. The van der Waals surface area contributed by atoms with Crippen LogP contribution in [0.1, 0.15) is 10.4 Å². The average molecular weight is 486 g/mol. The van der Waals surface area contributed by atoms with Crippen LogP contribution in [0, 0.1) is 0 Å². The van der Waals surface area contributed by atoms with Gasteiger partial charge in [0.1, 0.15) is 0 Å². The minimum atomic E-state index is -0.428. The van der Waals surface area contributed by atoms with Gasteiger partial charge in [0.05, 0.1) is 16.1 Å². The molecule has 0 bridgehead atoms. The van der Waals surface area contributed by atoms with E-state index in [9.17, 15) is 14.4 Å². The van der Waals surface area contributed by atoms with E-state index in [-0.39, 0.29) is 17.8 Å². The number of hydrogen-bond acceptors (Lipinski definition) is 4. The summed E-state index contributed by atoms with van der Waals surface area (Å²) >= 11 is 6.49. The third-order valence-electron chi connectivity index (χ3n) is 5.01. The van der Waals surface area contributed by atoms with Gasteiger partial charge in [-0.25, -0.2) is 4.98 Å². The topological polar surface area (TPSA) is 105 Å². The third-order valence-corrected chi connectivity index (χ3v) is 5.31. The summed E-state index contributed by atoms with van der Waals surface area (Å²) < 4.78 is 1.72. The molecule has 3 amide bonds. The van der Waals surface area contributed by atoms with Crippen LogP contribution in [0.2, 0.25) is 5.02 Å². The van der Waals surface area contributed by atoms with Crippen molar-refractivity contribution in [3.05, 3.63) is 103 Å². The van der Waals surface area contributed by atoms with Gasteiger partial charge < -0.3 is 10.6 Å². The molecule has 0 radical (unpaired) electrons. The minimum absolute atomic E-state index is 0.251. The van der Waals surface area contributed by atoms with Crippen molar-refractivity contribution in [2.45, 2.75) is 0 Å². The van der Waals surface area contributed by atoms with E-state index in [1.165, 1.54) is 6.08 Å². The molecule has 0 atom stereocenters. The van der Waals surface area contributed by atoms with Crippen LogP contribution in [0.5, 0.6) is 0 Å². The summed E-state index contributed by atoms with van der Waals surface area (Å²) in [7, 11) is 0.